The largest absolute Gasteiger partial charge is 0.493 e. The maximum absolute atomic E-state index is 14.4. The highest BCUT2D eigenvalue weighted by molar-refractivity contribution is 5.95. The Balaban J connectivity index is 1.47. The van der Waals surface area contributed by atoms with Crippen molar-refractivity contribution in [3.8, 4) is 23.0 Å². The van der Waals surface area contributed by atoms with Crippen molar-refractivity contribution in [1.29, 1.82) is 0 Å². The number of benzene rings is 3. The van der Waals surface area contributed by atoms with Gasteiger partial charge in [0, 0.05) is 36.1 Å². The summed E-state index contributed by atoms with van der Waals surface area (Å²) in [6.07, 6.45) is -21.1. The lowest BCUT2D eigenvalue weighted by Crippen LogP contribution is -2.25. The summed E-state index contributed by atoms with van der Waals surface area (Å²) in [4.78, 5) is 49.2. The van der Waals surface area contributed by atoms with Gasteiger partial charge in [0.15, 0.2) is 0 Å². The summed E-state index contributed by atoms with van der Waals surface area (Å²) in [6.45, 7) is 4.21. The van der Waals surface area contributed by atoms with Crippen LogP contribution >= 0.6 is 0 Å². The molecular weight excluding hydrogens is 880 g/mol. The van der Waals surface area contributed by atoms with Crippen molar-refractivity contribution in [1.82, 2.24) is 0 Å². The average Bonchev–Trinajstić information content (AvgIpc) is 3.82. The molecule has 0 aromatic heterocycles. The monoisotopic (exact) mass is 912 g/mol. The van der Waals surface area contributed by atoms with Crippen molar-refractivity contribution >= 4 is 23.9 Å². The van der Waals surface area contributed by atoms with Crippen LogP contribution in [0.1, 0.15) is 98.0 Å². The molecular formula is C41H32F12O10. The lowest BCUT2D eigenvalue weighted by molar-refractivity contribution is -0.163. The van der Waals surface area contributed by atoms with Crippen molar-refractivity contribution in [2.45, 2.75) is 68.6 Å². The van der Waals surface area contributed by atoms with Gasteiger partial charge in [0.25, 0.3) is 0 Å². The number of carbonyl (C=O) groups is 4. The zero-order chi connectivity index (χ0) is 46.7. The Morgan fingerprint density at radius 1 is 0.508 bits per heavy atom. The van der Waals surface area contributed by atoms with Crippen molar-refractivity contribution < 1.29 is 100 Å². The van der Waals surface area contributed by atoms with E-state index in [2.05, 4.69) is 22.6 Å². The Hall–Kier alpha value is -6.22. The second-order valence-corrected chi connectivity index (χ2v) is 13.7. The topological polar surface area (TPSA) is 124 Å². The van der Waals surface area contributed by atoms with Crippen LogP contribution in [0.25, 0.3) is 0 Å². The first kappa shape index (κ1) is 47.8. The van der Waals surface area contributed by atoms with Crippen LogP contribution in [0.15, 0.2) is 61.7 Å². The van der Waals surface area contributed by atoms with Crippen LogP contribution in [0.5, 0.6) is 23.0 Å². The van der Waals surface area contributed by atoms with E-state index < -0.39 is 130 Å². The second kappa shape index (κ2) is 18.6. The van der Waals surface area contributed by atoms with E-state index >= 15 is 0 Å². The van der Waals surface area contributed by atoms with Gasteiger partial charge in [-0.15, -0.1) is 0 Å². The molecule has 2 unspecified atom stereocenters. The molecule has 2 aliphatic carbocycles. The predicted octanol–water partition coefficient (Wildman–Crippen LogP) is 10.6. The Morgan fingerprint density at radius 3 is 1.16 bits per heavy atom. The highest BCUT2D eigenvalue weighted by atomic mass is 19.4. The second-order valence-electron chi connectivity index (χ2n) is 13.7. The van der Waals surface area contributed by atoms with Crippen LogP contribution in [-0.4, -0.2) is 50.3 Å². The third-order valence-electron chi connectivity index (χ3n) is 9.68. The number of hydrogen-bond donors (Lipinski definition) is 0. The molecule has 0 heterocycles. The van der Waals surface area contributed by atoms with Crippen LogP contribution < -0.4 is 18.9 Å². The van der Waals surface area contributed by atoms with Crippen LogP contribution in [0.4, 0.5) is 52.7 Å². The first-order valence-electron chi connectivity index (χ1n) is 18.5. The number of ether oxygens (including phenoxy) is 6. The summed E-state index contributed by atoms with van der Waals surface area (Å²) in [5.74, 6) is -10.3. The maximum atomic E-state index is 14.4. The van der Waals surface area contributed by atoms with E-state index in [0.29, 0.717) is 37.1 Å². The van der Waals surface area contributed by atoms with E-state index in [4.69, 9.17) is 18.9 Å². The van der Waals surface area contributed by atoms with Crippen LogP contribution in [-0.2, 0) is 43.8 Å². The molecule has 5 rings (SSSR count). The normalized spacial score (nSPS) is 15.9. The number of fused-ring (bicyclic) bond motifs is 5. The Morgan fingerprint density at radius 2 is 0.841 bits per heavy atom. The highest BCUT2D eigenvalue weighted by Crippen LogP contribution is 2.59. The molecule has 10 nitrogen and oxygen atoms in total. The smallest absolute Gasteiger partial charge is 0.420 e. The van der Waals surface area contributed by atoms with Gasteiger partial charge in [-0.1, -0.05) is 13.2 Å². The van der Waals surface area contributed by atoms with E-state index in [1.54, 1.807) is 0 Å². The fourth-order valence-corrected chi connectivity index (χ4v) is 7.28. The van der Waals surface area contributed by atoms with Gasteiger partial charge in [0.2, 0.25) is 0 Å². The van der Waals surface area contributed by atoms with Gasteiger partial charge < -0.3 is 28.4 Å². The lowest BCUT2D eigenvalue weighted by atomic mass is 9.90. The zero-order valence-corrected chi connectivity index (χ0v) is 32.2. The van der Waals surface area contributed by atoms with Crippen molar-refractivity contribution in [2.24, 2.45) is 0 Å². The molecule has 0 radical (unpaired) electrons. The summed E-state index contributed by atoms with van der Waals surface area (Å²) in [5, 5.41) is 0. The summed E-state index contributed by atoms with van der Waals surface area (Å²) in [6, 6.07) is 3.43. The van der Waals surface area contributed by atoms with Gasteiger partial charge in [-0.05, 0) is 67.5 Å². The number of alkyl halides is 12. The minimum atomic E-state index is -5.83. The van der Waals surface area contributed by atoms with Crippen molar-refractivity contribution in [2.75, 3.05) is 26.4 Å². The number of esters is 4. The Labute approximate surface area is 348 Å². The van der Waals surface area contributed by atoms with E-state index in [1.807, 2.05) is 0 Å². The molecule has 2 aliphatic rings. The molecule has 3 aromatic carbocycles. The fourth-order valence-electron chi connectivity index (χ4n) is 7.28. The van der Waals surface area contributed by atoms with E-state index in [1.165, 1.54) is 0 Å². The lowest BCUT2D eigenvalue weighted by Gasteiger charge is -2.24. The van der Waals surface area contributed by atoms with E-state index in [0.717, 1.165) is 24.3 Å². The molecule has 1 saturated carbocycles. The predicted molar refractivity (Wildman–Crippen MR) is 191 cm³/mol. The molecule has 340 valence electrons. The third kappa shape index (κ3) is 10.9. The molecule has 1 fully saturated rings. The SMILES string of the molecule is C=CC(=O)OCCCOc1ccc(C(=O)Oc2ccc(OC(=O)c3ccc(OCCCOC(=O)C=C)c(C(F)(F)F)c3C(F)(F)F)c3c2C2CCC3C2)c(C(F)(F)F)c1C(F)(F)F. The van der Waals surface area contributed by atoms with E-state index in [-0.39, 0.29) is 43.6 Å². The van der Waals surface area contributed by atoms with E-state index in [9.17, 15) is 71.9 Å². The molecule has 0 saturated heterocycles. The summed E-state index contributed by atoms with van der Waals surface area (Å²) < 4.78 is 202. The zero-order valence-electron chi connectivity index (χ0n) is 32.2. The molecule has 0 spiro atoms. The first-order chi connectivity index (χ1) is 29.4. The standard InChI is InChI=1S/C41H32F12O10/c1-3-28(54)60-17-5-15-58-26-11-9-22(32(38(42,43)44)34(26)40(48,49)50)36(56)62-24-13-14-25(31-21-8-7-20(19-21)30(24)31)63-37(57)23-10-12-27(59-16-6-18-61-29(55)4-2)35(41(51,52)53)33(23)39(45,46)47/h3-4,9-14,20-21H,1-2,5-8,15-19H2. The highest BCUT2D eigenvalue weighted by Gasteiger charge is 2.51. The molecule has 0 N–H and O–H groups in total. The van der Waals surface area contributed by atoms with Gasteiger partial charge in [0.05, 0.1) is 48.7 Å². The van der Waals surface area contributed by atoms with Crippen LogP contribution in [0, 0.1) is 0 Å². The summed E-state index contributed by atoms with van der Waals surface area (Å²) in [7, 11) is 0. The molecule has 63 heavy (non-hydrogen) atoms. The summed E-state index contributed by atoms with van der Waals surface area (Å²) >= 11 is 0. The van der Waals surface area contributed by atoms with Crippen molar-refractivity contribution in [3.63, 3.8) is 0 Å². The number of carbonyl (C=O) groups excluding carboxylic acids is 4. The summed E-state index contributed by atoms with van der Waals surface area (Å²) in [5.41, 5.74) is -12.8. The molecule has 0 aliphatic heterocycles. The number of rotatable bonds is 16. The van der Waals surface area contributed by atoms with Crippen LogP contribution in [0.3, 0.4) is 0 Å². The molecule has 2 bridgehead atoms. The fraction of sp³-hybridized carbons (Fsp3) is 0.366. The van der Waals surface area contributed by atoms with Crippen LogP contribution in [0.2, 0.25) is 0 Å². The Kier molecular flexibility index (Phi) is 14.1. The number of hydrogen-bond acceptors (Lipinski definition) is 10. The van der Waals surface area contributed by atoms with Gasteiger partial charge in [-0.25, -0.2) is 19.2 Å². The minimum Gasteiger partial charge on any atom is -0.493 e. The number of halogens is 12. The molecule has 3 aromatic rings. The molecule has 0 amide bonds. The Bertz CT molecular complexity index is 2120. The van der Waals surface area contributed by atoms with Gasteiger partial charge in [-0.3, -0.25) is 0 Å². The van der Waals surface area contributed by atoms with Gasteiger partial charge in [-0.2, -0.15) is 52.7 Å². The minimum absolute atomic E-state index is 0.0288. The van der Waals surface area contributed by atoms with Crippen molar-refractivity contribution in [3.05, 3.63) is 106 Å². The molecule has 22 heteroatoms. The quantitative estimate of drug-likeness (QED) is 0.0451. The average molecular weight is 913 g/mol. The van der Waals surface area contributed by atoms with Gasteiger partial charge in [0.1, 0.15) is 34.1 Å². The first-order valence-corrected chi connectivity index (χ1v) is 18.5. The van der Waals surface area contributed by atoms with Gasteiger partial charge >= 0.3 is 48.6 Å². The maximum Gasteiger partial charge on any atom is 0.420 e. The molecule has 2 atom stereocenters. The third-order valence-corrected chi connectivity index (χ3v) is 9.68.